The van der Waals surface area contributed by atoms with Gasteiger partial charge in [-0.25, -0.2) is 0 Å². The fourth-order valence-corrected chi connectivity index (χ4v) is 1.70. The van der Waals surface area contributed by atoms with E-state index in [0.717, 1.165) is 15.7 Å². The van der Waals surface area contributed by atoms with Crippen LogP contribution >= 0.6 is 15.9 Å². The maximum atomic E-state index is 11.8. The van der Waals surface area contributed by atoms with Crippen molar-refractivity contribution in [2.75, 3.05) is 5.43 Å². The standard InChI is InChI=1S/C14H13BrN2O/c1-10-2-4-11(5-3-10)14(18)17-16-13-8-6-12(15)7-9-13/h2-9,16H,1H3,(H,17,18). The summed E-state index contributed by atoms with van der Waals surface area (Å²) in [6, 6.07) is 15.0. The number of amides is 1. The van der Waals surface area contributed by atoms with Crippen LogP contribution in [-0.4, -0.2) is 5.91 Å². The molecule has 2 aromatic carbocycles. The molecule has 0 saturated carbocycles. The molecule has 92 valence electrons. The maximum absolute atomic E-state index is 11.8. The molecule has 3 nitrogen and oxygen atoms in total. The highest BCUT2D eigenvalue weighted by Gasteiger charge is 2.03. The molecule has 0 aliphatic rings. The Morgan fingerprint density at radius 2 is 1.61 bits per heavy atom. The molecule has 0 heterocycles. The van der Waals surface area contributed by atoms with Crippen molar-refractivity contribution < 1.29 is 4.79 Å². The fourth-order valence-electron chi connectivity index (χ4n) is 1.44. The molecule has 0 bridgehead atoms. The summed E-state index contributed by atoms with van der Waals surface area (Å²) in [5.74, 6) is -0.155. The minimum atomic E-state index is -0.155. The van der Waals surface area contributed by atoms with Gasteiger partial charge in [0, 0.05) is 10.0 Å². The molecule has 1 amide bonds. The van der Waals surface area contributed by atoms with Gasteiger partial charge in [-0.15, -0.1) is 0 Å². The van der Waals surface area contributed by atoms with Crippen molar-refractivity contribution >= 4 is 27.5 Å². The number of hydrogen-bond donors (Lipinski definition) is 2. The van der Waals surface area contributed by atoms with E-state index in [1.807, 2.05) is 43.3 Å². The molecule has 0 aliphatic heterocycles. The van der Waals surface area contributed by atoms with Gasteiger partial charge in [-0.2, -0.15) is 0 Å². The Balaban J connectivity index is 1.96. The lowest BCUT2D eigenvalue weighted by Gasteiger charge is -2.08. The molecule has 0 unspecified atom stereocenters. The Kier molecular flexibility index (Phi) is 3.99. The van der Waals surface area contributed by atoms with E-state index in [0.29, 0.717) is 5.56 Å². The van der Waals surface area contributed by atoms with Crippen LogP contribution in [0.2, 0.25) is 0 Å². The van der Waals surface area contributed by atoms with Crippen LogP contribution in [0, 0.1) is 6.92 Å². The van der Waals surface area contributed by atoms with E-state index in [4.69, 9.17) is 0 Å². The topological polar surface area (TPSA) is 41.1 Å². The SMILES string of the molecule is Cc1ccc(C(=O)NNc2ccc(Br)cc2)cc1. The number of hydrazine groups is 1. The Hall–Kier alpha value is -1.81. The van der Waals surface area contributed by atoms with Crippen LogP contribution in [0.4, 0.5) is 5.69 Å². The van der Waals surface area contributed by atoms with E-state index >= 15 is 0 Å². The highest BCUT2D eigenvalue weighted by atomic mass is 79.9. The predicted octanol–water partition coefficient (Wildman–Crippen LogP) is 3.51. The molecular formula is C14H13BrN2O. The zero-order chi connectivity index (χ0) is 13.0. The number of aryl methyl sites for hydroxylation is 1. The molecule has 0 spiro atoms. The summed E-state index contributed by atoms with van der Waals surface area (Å²) in [4.78, 5) is 11.8. The number of carbonyl (C=O) groups is 1. The van der Waals surface area contributed by atoms with Crippen molar-refractivity contribution in [2.24, 2.45) is 0 Å². The average Bonchev–Trinajstić information content (AvgIpc) is 2.38. The van der Waals surface area contributed by atoms with Crippen molar-refractivity contribution in [1.29, 1.82) is 0 Å². The van der Waals surface area contributed by atoms with Gasteiger partial charge in [-0.1, -0.05) is 33.6 Å². The molecule has 2 N–H and O–H groups in total. The number of carbonyl (C=O) groups excluding carboxylic acids is 1. The van der Waals surface area contributed by atoms with Gasteiger partial charge < -0.3 is 0 Å². The number of halogens is 1. The minimum absolute atomic E-state index is 0.155. The number of nitrogens with one attached hydrogen (secondary N) is 2. The lowest BCUT2D eigenvalue weighted by Crippen LogP contribution is -2.29. The number of benzene rings is 2. The molecule has 0 saturated heterocycles. The number of rotatable bonds is 3. The van der Waals surface area contributed by atoms with Crippen LogP contribution in [0.5, 0.6) is 0 Å². The summed E-state index contributed by atoms with van der Waals surface area (Å²) < 4.78 is 0.998. The van der Waals surface area contributed by atoms with Gasteiger partial charge in [-0.3, -0.25) is 15.6 Å². The monoisotopic (exact) mass is 304 g/mol. The lowest BCUT2D eigenvalue weighted by molar-refractivity contribution is 0.0962. The summed E-state index contributed by atoms with van der Waals surface area (Å²) in [6.45, 7) is 1.99. The van der Waals surface area contributed by atoms with Gasteiger partial charge in [0.15, 0.2) is 0 Å². The van der Waals surface area contributed by atoms with E-state index in [2.05, 4.69) is 26.8 Å². The van der Waals surface area contributed by atoms with E-state index in [9.17, 15) is 4.79 Å². The third-order valence-corrected chi connectivity index (χ3v) is 3.01. The maximum Gasteiger partial charge on any atom is 0.269 e. The third-order valence-electron chi connectivity index (χ3n) is 2.48. The van der Waals surface area contributed by atoms with Gasteiger partial charge in [0.1, 0.15) is 0 Å². The summed E-state index contributed by atoms with van der Waals surface area (Å²) in [5.41, 5.74) is 8.11. The highest BCUT2D eigenvalue weighted by Crippen LogP contribution is 2.13. The molecule has 0 atom stereocenters. The Labute approximate surface area is 114 Å². The zero-order valence-electron chi connectivity index (χ0n) is 9.91. The molecule has 0 aliphatic carbocycles. The van der Waals surface area contributed by atoms with Gasteiger partial charge in [0.2, 0.25) is 0 Å². The van der Waals surface area contributed by atoms with Gasteiger partial charge in [-0.05, 0) is 43.3 Å². The van der Waals surface area contributed by atoms with Crippen LogP contribution in [0.25, 0.3) is 0 Å². The van der Waals surface area contributed by atoms with Crippen LogP contribution in [0.3, 0.4) is 0 Å². The van der Waals surface area contributed by atoms with Crippen LogP contribution in [0.1, 0.15) is 15.9 Å². The molecule has 2 rings (SSSR count). The van der Waals surface area contributed by atoms with Crippen LogP contribution in [0.15, 0.2) is 53.0 Å². The Morgan fingerprint density at radius 3 is 2.22 bits per heavy atom. The second kappa shape index (κ2) is 5.69. The summed E-state index contributed by atoms with van der Waals surface area (Å²) >= 11 is 3.35. The van der Waals surface area contributed by atoms with Crippen LogP contribution < -0.4 is 10.9 Å². The molecule has 18 heavy (non-hydrogen) atoms. The second-order valence-electron chi connectivity index (χ2n) is 3.95. The van der Waals surface area contributed by atoms with Gasteiger partial charge in [0.05, 0.1) is 5.69 Å². The van der Waals surface area contributed by atoms with E-state index < -0.39 is 0 Å². The molecule has 0 radical (unpaired) electrons. The lowest BCUT2D eigenvalue weighted by atomic mass is 10.1. The molecule has 0 fully saturated rings. The quantitative estimate of drug-likeness (QED) is 0.852. The van der Waals surface area contributed by atoms with E-state index in [-0.39, 0.29) is 5.91 Å². The van der Waals surface area contributed by atoms with Crippen molar-refractivity contribution in [3.05, 3.63) is 64.1 Å². The summed E-state index contributed by atoms with van der Waals surface area (Å²) in [6.07, 6.45) is 0. The predicted molar refractivity (Wildman–Crippen MR) is 76.4 cm³/mol. The van der Waals surface area contributed by atoms with Gasteiger partial charge >= 0.3 is 0 Å². The van der Waals surface area contributed by atoms with Crippen molar-refractivity contribution in [1.82, 2.24) is 5.43 Å². The summed E-state index contributed by atoms with van der Waals surface area (Å²) in [7, 11) is 0. The third kappa shape index (κ3) is 3.34. The first-order valence-corrected chi connectivity index (χ1v) is 6.33. The molecular weight excluding hydrogens is 292 g/mol. The van der Waals surface area contributed by atoms with Gasteiger partial charge in [0.25, 0.3) is 5.91 Å². The largest absolute Gasteiger partial charge is 0.298 e. The Morgan fingerprint density at radius 1 is 1.00 bits per heavy atom. The number of hydrogen-bond acceptors (Lipinski definition) is 2. The Bertz CT molecular complexity index is 535. The number of anilines is 1. The second-order valence-corrected chi connectivity index (χ2v) is 4.87. The first kappa shape index (κ1) is 12.6. The smallest absolute Gasteiger partial charge is 0.269 e. The zero-order valence-corrected chi connectivity index (χ0v) is 11.5. The van der Waals surface area contributed by atoms with E-state index in [1.54, 1.807) is 12.1 Å². The molecule has 2 aromatic rings. The molecule has 0 aromatic heterocycles. The van der Waals surface area contributed by atoms with Crippen LogP contribution in [-0.2, 0) is 0 Å². The van der Waals surface area contributed by atoms with Crippen molar-refractivity contribution in [2.45, 2.75) is 6.92 Å². The normalized spacial score (nSPS) is 9.89. The van der Waals surface area contributed by atoms with E-state index in [1.165, 1.54) is 0 Å². The first-order valence-electron chi connectivity index (χ1n) is 5.54. The fraction of sp³-hybridized carbons (Fsp3) is 0.0714. The van der Waals surface area contributed by atoms with Crippen molar-refractivity contribution in [3.63, 3.8) is 0 Å². The first-order chi connectivity index (χ1) is 8.65. The molecule has 4 heteroatoms. The minimum Gasteiger partial charge on any atom is -0.298 e. The highest BCUT2D eigenvalue weighted by molar-refractivity contribution is 9.10. The summed E-state index contributed by atoms with van der Waals surface area (Å²) in [5, 5.41) is 0. The average molecular weight is 305 g/mol. The van der Waals surface area contributed by atoms with Crippen molar-refractivity contribution in [3.8, 4) is 0 Å².